The maximum atomic E-state index is 13.1. The summed E-state index contributed by atoms with van der Waals surface area (Å²) in [7, 11) is 0. The average molecular weight is 500 g/mol. The van der Waals surface area contributed by atoms with Crippen molar-refractivity contribution in [2.75, 3.05) is 6.61 Å². The van der Waals surface area contributed by atoms with E-state index in [1.54, 1.807) is 22.9 Å². The van der Waals surface area contributed by atoms with Crippen LogP contribution < -0.4 is 4.74 Å². The Morgan fingerprint density at radius 1 is 1.06 bits per heavy atom. The highest BCUT2D eigenvalue weighted by molar-refractivity contribution is 6.00. The Morgan fingerprint density at radius 3 is 2.29 bits per heavy atom. The number of fused-ring (bicyclic) bond motifs is 1. The summed E-state index contributed by atoms with van der Waals surface area (Å²) in [6.07, 6.45) is -5.32. The molecule has 186 valence electrons. The topological polar surface area (TPSA) is 73.1 Å². The molecular formula is C23H18F6N2O4. The molecule has 0 atom stereocenters. The van der Waals surface area contributed by atoms with Crippen LogP contribution in [0.3, 0.4) is 0 Å². The van der Waals surface area contributed by atoms with Crippen LogP contribution in [0.5, 0.6) is 5.75 Å². The predicted octanol–water partition coefficient (Wildman–Crippen LogP) is 5.88. The summed E-state index contributed by atoms with van der Waals surface area (Å²) in [5.74, 6) is -1.03. The maximum absolute atomic E-state index is 13.1. The molecule has 1 N–H and O–H groups in total. The van der Waals surface area contributed by atoms with E-state index < -0.39 is 42.7 Å². The molecule has 0 aliphatic rings. The standard InChI is InChI=1S/C23H18F6N2O4/c1-2-5-31-11-15(10-30-35-13-21(32)33)19-9-18(3-4-20(19)31)34-12-14-6-16(22(24,25)26)8-17(7-14)23(27,28)29/h2-4,6-11H,1,5,12-13H2,(H,32,33). The molecule has 35 heavy (non-hydrogen) atoms. The fraction of sp³-hybridized carbons (Fsp3) is 0.217. The van der Waals surface area contributed by atoms with Crippen molar-refractivity contribution in [2.24, 2.45) is 5.16 Å². The van der Waals surface area contributed by atoms with Gasteiger partial charge in [-0.25, -0.2) is 4.79 Å². The molecule has 0 fully saturated rings. The minimum Gasteiger partial charge on any atom is -0.489 e. The molecule has 1 aromatic heterocycles. The summed E-state index contributed by atoms with van der Waals surface area (Å²) >= 11 is 0. The molecular weight excluding hydrogens is 482 g/mol. The highest BCUT2D eigenvalue weighted by Gasteiger charge is 2.36. The lowest BCUT2D eigenvalue weighted by atomic mass is 10.1. The number of carboxylic acids is 1. The highest BCUT2D eigenvalue weighted by Crippen LogP contribution is 2.36. The Kier molecular flexibility index (Phi) is 7.42. The van der Waals surface area contributed by atoms with Gasteiger partial charge in [-0.05, 0) is 42.0 Å². The second-order valence-corrected chi connectivity index (χ2v) is 7.31. The van der Waals surface area contributed by atoms with Gasteiger partial charge in [-0.1, -0.05) is 11.2 Å². The minimum atomic E-state index is -4.96. The van der Waals surface area contributed by atoms with Crippen LogP contribution in [0.1, 0.15) is 22.3 Å². The van der Waals surface area contributed by atoms with Crippen LogP contribution in [0.4, 0.5) is 26.3 Å². The summed E-state index contributed by atoms with van der Waals surface area (Å²) in [6.45, 7) is 2.90. The van der Waals surface area contributed by atoms with E-state index in [1.165, 1.54) is 18.3 Å². The van der Waals surface area contributed by atoms with Gasteiger partial charge in [0, 0.05) is 29.2 Å². The second-order valence-electron chi connectivity index (χ2n) is 7.31. The maximum Gasteiger partial charge on any atom is 0.416 e. The minimum absolute atomic E-state index is 0.0515. The third-order valence-corrected chi connectivity index (χ3v) is 4.72. The number of carboxylic acid groups (broad SMARTS) is 1. The highest BCUT2D eigenvalue weighted by atomic mass is 19.4. The van der Waals surface area contributed by atoms with Crippen molar-refractivity contribution < 1.29 is 45.8 Å². The molecule has 12 heteroatoms. The quantitative estimate of drug-likeness (QED) is 0.172. The van der Waals surface area contributed by atoms with Crippen LogP contribution in [-0.2, 0) is 35.1 Å². The molecule has 1 heterocycles. The molecule has 0 saturated carbocycles. The lowest BCUT2D eigenvalue weighted by Crippen LogP contribution is -2.12. The average Bonchev–Trinajstić information content (AvgIpc) is 3.11. The zero-order chi connectivity index (χ0) is 25.8. The Bertz CT molecular complexity index is 1230. The van der Waals surface area contributed by atoms with Gasteiger partial charge in [0.05, 0.1) is 17.3 Å². The van der Waals surface area contributed by atoms with Crippen LogP contribution in [0.2, 0.25) is 0 Å². The number of rotatable bonds is 9. The van der Waals surface area contributed by atoms with Crippen molar-refractivity contribution >= 4 is 23.1 Å². The van der Waals surface area contributed by atoms with Crippen LogP contribution >= 0.6 is 0 Å². The molecule has 6 nitrogen and oxygen atoms in total. The fourth-order valence-electron chi connectivity index (χ4n) is 3.24. The largest absolute Gasteiger partial charge is 0.489 e. The number of allylic oxidation sites excluding steroid dienone is 1. The van der Waals surface area contributed by atoms with Crippen molar-refractivity contribution in [3.05, 3.63) is 77.5 Å². The Labute approximate surface area is 194 Å². The van der Waals surface area contributed by atoms with Gasteiger partial charge >= 0.3 is 18.3 Å². The van der Waals surface area contributed by atoms with E-state index >= 15 is 0 Å². The van der Waals surface area contributed by atoms with Crippen molar-refractivity contribution in [1.82, 2.24) is 4.57 Å². The van der Waals surface area contributed by atoms with E-state index in [2.05, 4.69) is 16.6 Å². The van der Waals surface area contributed by atoms with Gasteiger partial charge in [0.25, 0.3) is 0 Å². The lowest BCUT2D eigenvalue weighted by molar-refractivity contribution is -0.144. The lowest BCUT2D eigenvalue weighted by Gasteiger charge is -2.15. The summed E-state index contributed by atoms with van der Waals surface area (Å²) < 4.78 is 85.8. The number of alkyl halides is 6. The first-order valence-electron chi connectivity index (χ1n) is 9.90. The summed E-state index contributed by atoms with van der Waals surface area (Å²) in [6, 6.07) is 5.96. The number of benzene rings is 2. The monoisotopic (exact) mass is 500 g/mol. The van der Waals surface area contributed by atoms with Gasteiger partial charge in [-0.2, -0.15) is 26.3 Å². The molecule has 0 aliphatic carbocycles. The van der Waals surface area contributed by atoms with Gasteiger partial charge in [0.2, 0.25) is 6.61 Å². The zero-order valence-corrected chi connectivity index (χ0v) is 17.9. The fourth-order valence-corrected chi connectivity index (χ4v) is 3.24. The van der Waals surface area contributed by atoms with Gasteiger partial charge in [-0.15, -0.1) is 6.58 Å². The Hall–Kier alpha value is -3.96. The van der Waals surface area contributed by atoms with E-state index in [0.29, 0.717) is 35.1 Å². The van der Waals surface area contributed by atoms with Gasteiger partial charge in [0.1, 0.15) is 12.4 Å². The molecule has 0 radical (unpaired) electrons. The Morgan fingerprint density at radius 2 is 1.71 bits per heavy atom. The number of nitrogens with zero attached hydrogens (tertiary/aromatic N) is 2. The summed E-state index contributed by atoms with van der Waals surface area (Å²) in [5, 5.41) is 12.8. The van der Waals surface area contributed by atoms with Crippen molar-refractivity contribution in [1.29, 1.82) is 0 Å². The number of hydrogen-bond donors (Lipinski definition) is 1. The molecule has 0 aliphatic heterocycles. The first kappa shape index (κ1) is 25.7. The van der Waals surface area contributed by atoms with E-state index in [9.17, 15) is 31.1 Å². The first-order chi connectivity index (χ1) is 16.4. The number of aromatic nitrogens is 1. The van der Waals surface area contributed by atoms with E-state index in [0.717, 1.165) is 0 Å². The summed E-state index contributed by atoms with van der Waals surface area (Å²) in [4.78, 5) is 15.2. The van der Waals surface area contributed by atoms with Crippen LogP contribution in [0.25, 0.3) is 10.9 Å². The Balaban J connectivity index is 1.90. The van der Waals surface area contributed by atoms with Gasteiger partial charge < -0.3 is 19.2 Å². The number of ether oxygens (including phenoxy) is 1. The number of aliphatic carboxylic acids is 1. The molecule has 3 aromatic rings. The third-order valence-electron chi connectivity index (χ3n) is 4.72. The van der Waals surface area contributed by atoms with Gasteiger partial charge in [-0.3, -0.25) is 0 Å². The van der Waals surface area contributed by atoms with Crippen LogP contribution in [0, 0.1) is 0 Å². The molecule has 0 unspecified atom stereocenters. The normalized spacial score (nSPS) is 12.3. The van der Waals surface area contributed by atoms with Crippen LogP contribution in [-0.4, -0.2) is 28.5 Å². The first-order valence-corrected chi connectivity index (χ1v) is 9.90. The number of carbonyl (C=O) groups is 1. The molecule has 0 spiro atoms. The number of oxime groups is 1. The van der Waals surface area contributed by atoms with Crippen LogP contribution in [0.15, 0.2) is 60.4 Å². The SMILES string of the molecule is C=CCn1cc(C=NOCC(=O)O)c2cc(OCc3cc(C(F)(F)F)cc(C(F)(F)F)c3)ccc21. The molecule has 0 bridgehead atoms. The number of hydrogen-bond acceptors (Lipinski definition) is 4. The number of halogens is 6. The van der Waals surface area contributed by atoms with E-state index in [4.69, 9.17) is 9.84 Å². The molecule has 0 amide bonds. The molecule has 3 rings (SSSR count). The van der Waals surface area contributed by atoms with E-state index in [1.807, 2.05) is 0 Å². The van der Waals surface area contributed by atoms with Gasteiger partial charge in [0.15, 0.2) is 0 Å². The van der Waals surface area contributed by atoms with Crippen molar-refractivity contribution in [3.63, 3.8) is 0 Å². The van der Waals surface area contributed by atoms with Crippen molar-refractivity contribution in [3.8, 4) is 5.75 Å². The van der Waals surface area contributed by atoms with Crippen molar-refractivity contribution in [2.45, 2.75) is 25.5 Å². The summed E-state index contributed by atoms with van der Waals surface area (Å²) in [5.41, 5.74) is -1.95. The smallest absolute Gasteiger partial charge is 0.416 e. The molecule has 2 aromatic carbocycles. The third kappa shape index (κ3) is 6.55. The molecule has 0 saturated heterocycles. The zero-order valence-electron chi connectivity index (χ0n) is 17.9. The second kappa shape index (κ2) is 10.1. The predicted molar refractivity (Wildman–Crippen MR) is 114 cm³/mol. The van der Waals surface area contributed by atoms with E-state index in [-0.39, 0.29) is 17.4 Å².